The summed E-state index contributed by atoms with van der Waals surface area (Å²) in [7, 11) is -2.20. The van der Waals surface area contributed by atoms with Crippen molar-refractivity contribution in [3.63, 3.8) is 0 Å². The molecule has 0 amide bonds. The second-order valence-corrected chi connectivity index (χ2v) is 3.91. The molecule has 0 radical (unpaired) electrons. The van der Waals surface area contributed by atoms with Crippen molar-refractivity contribution in [2.75, 3.05) is 5.32 Å². The minimum atomic E-state index is -2.20. The predicted molar refractivity (Wildman–Crippen MR) is 52.4 cm³/mol. The molecule has 0 spiro atoms. The van der Waals surface area contributed by atoms with Crippen molar-refractivity contribution in [3.8, 4) is 6.07 Å². The summed E-state index contributed by atoms with van der Waals surface area (Å²) in [6.07, 6.45) is 0.348. The van der Waals surface area contributed by atoms with Gasteiger partial charge in [0.1, 0.15) is 4.99 Å². The Labute approximate surface area is 82.3 Å². The first-order valence-electron chi connectivity index (χ1n) is 3.96. The Morgan fingerprint density at radius 2 is 2.21 bits per heavy atom. The van der Waals surface area contributed by atoms with Crippen LogP contribution in [0.1, 0.15) is 11.1 Å². The monoisotopic (exact) mass is 206 g/mol. The van der Waals surface area contributed by atoms with Crippen LogP contribution in [-0.2, 0) is 16.7 Å². The van der Waals surface area contributed by atoms with E-state index in [9.17, 15) is 8.42 Å². The van der Waals surface area contributed by atoms with Gasteiger partial charge in [-0.05, 0) is 23.8 Å². The highest BCUT2D eigenvalue weighted by Gasteiger charge is 2.17. The SMILES string of the molecule is N#Cc1ccc2c(c1)CC(=S(=O)=O)N2. The fourth-order valence-corrected chi connectivity index (χ4v) is 1.87. The van der Waals surface area contributed by atoms with Gasteiger partial charge in [0.2, 0.25) is 10.3 Å². The summed E-state index contributed by atoms with van der Waals surface area (Å²) in [5.41, 5.74) is 2.16. The maximum absolute atomic E-state index is 10.7. The fraction of sp³-hybridized carbons (Fsp3) is 0.111. The zero-order chi connectivity index (χ0) is 10.1. The Morgan fingerprint density at radius 3 is 2.86 bits per heavy atom. The Kier molecular flexibility index (Phi) is 1.98. The molecule has 0 aromatic heterocycles. The highest BCUT2D eigenvalue weighted by molar-refractivity contribution is 7.73. The van der Waals surface area contributed by atoms with Crippen molar-refractivity contribution < 1.29 is 8.42 Å². The zero-order valence-corrected chi connectivity index (χ0v) is 7.93. The van der Waals surface area contributed by atoms with Crippen LogP contribution in [0, 0.1) is 11.3 Å². The molecule has 0 saturated heterocycles. The topological polar surface area (TPSA) is 70.0 Å². The van der Waals surface area contributed by atoms with Crippen molar-refractivity contribution in [2.24, 2.45) is 0 Å². The Hall–Kier alpha value is -1.80. The van der Waals surface area contributed by atoms with E-state index in [2.05, 4.69) is 5.32 Å². The van der Waals surface area contributed by atoms with Crippen molar-refractivity contribution in [1.82, 2.24) is 0 Å². The van der Waals surface area contributed by atoms with Gasteiger partial charge >= 0.3 is 0 Å². The lowest BCUT2D eigenvalue weighted by Gasteiger charge is -1.96. The summed E-state index contributed by atoms with van der Waals surface area (Å²) in [5.74, 6) is 0. The van der Waals surface area contributed by atoms with Crippen LogP contribution in [0.5, 0.6) is 0 Å². The van der Waals surface area contributed by atoms with E-state index in [1.54, 1.807) is 18.2 Å². The van der Waals surface area contributed by atoms with E-state index in [1.165, 1.54) is 0 Å². The number of nitrogens with one attached hydrogen (secondary N) is 1. The number of nitrogens with zero attached hydrogens (tertiary/aromatic N) is 1. The molecule has 0 unspecified atom stereocenters. The van der Waals surface area contributed by atoms with Crippen LogP contribution in [0.25, 0.3) is 0 Å². The van der Waals surface area contributed by atoms with E-state index in [1.807, 2.05) is 6.07 Å². The molecule has 4 nitrogen and oxygen atoms in total. The van der Waals surface area contributed by atoms with Gasteiger partial charge in [0.25, 0.3) is 0 Å². The quantitative estimate of drug-likeness (QED) is 0.629. The molecule has 2 rings (SSSR count). The van der Waals surface area contributed by atoms with Crippen LogP contribution in [0.4, 0.5) is 5.69 Å². The second-order valence-electron chi connectivity index (χ2n) is 2.94. The predicted octanol–water partition coefficient (Wildman–Crippen LogP) is 0.535. The molecule has 5 heteroatoms. The molecule has 0 fully saturated rings. The minimum absolute atomic E-state index is 0.259. The largest absolute Gasteiger partial charge is 0.346 e. The van der Waals surface area contributed by atoms with Gasteiger partial charge in [-0.15, -0.1) is 0 Å². The smallest absolute Gasteiger partial charge is 0.234 e. The van der Waals surface area contributed by atoms with Crippen molar-refractivity contribution in [2.45, 2.75) is 6.42 Å². The van der Waals surface area contributed by atoms with E-state index < -0.39 is 10.3 Å². The standard InChI is InChI=1S/C9H6N2O2S/c10-5-6-1-2-8-7(3-6)4-9(11-8)14(12)13/h1-3,11H,4H2. The number of anilines is 1. The van der Waals surface area contributed by atoms with E-state index in [0.29, 0.717) is 12.0 Å². The van der Waals surface area contributed by atoms with Gasteiger partial charge < -0.3 is 5.32 Å². The number of fused-ring (bicyclic) bond motifs is 1. The number of hydrogen-bond acceptors (Lipinski definition) is 3. The van der Waals surface area contributed by atoms with Gasteiger partial charge in [0, 0.05) is 12.1 Å². The summed E-state index contributed by atoms with van der Waals surface area (Å²) < 4.78 is 21.3. The van der Waals surface area contributed by atoms with Gasteiger partial charge in [0.15, 0.2) is 0 Å². The van der Waals surface area contributed by atoms with Crippen molar-refractivity contribution in [3.05, 3.63) is 29.3 Å². The van der Waals surface area contributed by atoms with E-state index in [4.69, 9.17) is 5.26 Å². The van der Waals surface area contributed by atoms with Gasteiger partial charge in [-0.3, -0.25) is 0 Å². The average Bonchev–Trinajstić information content (AvgIpc) is 2.59. The van der Waals surface area contributed by atoms with Gasteiger partial charge in [-0.2, -0.15) is 13.7 Å². The third-order valence-electron chi connectivity index (χ3n) is 2.06. The van der Waals surface area contributed by atoms with Crippen LogP contribution >= 0.6 is 0 Å². The van der Waals surface area contributed by atoms with Crippen molar-refractivity contribution in [1.29, 1.82) is 5.26 Å². The molecule has 1 aliphatic rings. The van der Waals surface area contributed by atoms with E-state index in [-0.39, 0.29) is 4.99 Å². The van der Waals surface area contributed by atoms with Gasteiger partial charge in [-0.25, -0.2) is 0 Å². The molecule has 14 heavy (non-hydrogen) atoms. The van der Waals surface area contributed by atoms with Crippen LogP contribution in [-0.4, -0.2) is 13.4 Å². The lowest BCUT2D eigenvalue weighted by molar-refractivity contribution is 0.627. The van der Waals surface area contributed by atoms with Crippen molar-refractivity contribution >= 4 is 21.0 Å². The Balaban J connectivity index is 2.52. The lowest BCUT2D eigenvalue weighted by Crippen LogP contribution is -2.06. The van der Waals surface area contributed by atoms with Crippen LogP contribution < -0.4 is 5.32 Å². The zero-order valence-electron chi connectivity index (χ0n) is 7.11. The summed E-state index contributed by atoms with van der Waals surface area (Å²) >= 11 is 0. The Bertz CT molecular complexity index is 559. The molecule has 1 aliphatic heterocycles. The first-order chi connectivity index (χ1) is 6.70. The van der Waals surface area contributed by atoms with Gasteiger partial charge in [0.05, 0.1) is 11.6 Å². The molecule has 1 aromatic rings. The molecular weight excluding hydrogens is 200 g/mol. The third kappa shape index (κ3) is 1.36. The maximum Gasteiger partial charge on any atom is 0.234 e. The summed E-state index contributed by atoms with van der Waals surface area (Å²) in [4.78, 5) is 0.259. The molecular formula is C9H6N2O2S. The number of hydrogen-bond donors (Lipinski definition) is 1. The molecule has 1 aromatic carbocycles. The van der Waals surface area contributed by atoms with Crippen LogP contribution in [0.3, 0.4) is 0 Å². The molecule has 0 atom stereocenters. The average molecular weight is 206 g/mol. The highest BCUT2D eigenvalue weighted by atomic mass is 32.2. The fourth-order valence-electron chi connectivity index (χ4n) is 1.40. The molecule has 70 valence electrons. The third-order valence-corrected chi connectivity index (χ3v) is 2.71. The highest BCUT2D eigenvalue weighted by Crippen LogP contribution is 2.23. The molecule has 0 bridgehead atoms. The molecule has 0 saturated carbocycles. The molecule has 1 N–H and O–H groups in total. The van der Waals surface area contributed by atoms with E-state index in [0.717, 1.165) is 11.3 Å². The van der Waals surface area contributed by atoms with E-state index >= 15 is 0 Å². The molecule has 1 heterocycles. The number of benzene rings is 1. The summed E-state index contributed by atoms with van der Waals surface area (Å²) in [6.45, 7) is 0. The normalized spacial score (nSPS) is 12.9. The lowest BCUT2D eigenvalue weighted by atomic mass is 10.1. The van der Waals surface area contributed by atoms with Crippen LogP contribution in [0.2, 0.25) is 0 Å². The number of nitriles is 1. The first-order valence-corrected chi connectivity index (χ1v) is 5.03. The second kappa shape index (κ2) is 3.16. The Morgan fingerprint density at radius 1 is 1.43 bits per heavy atom. The number of rotatable bonds is 0. The van der Waals surface area contributed by atoms with Crippen LogP contribution in [0.15, 0.2) is 18.2 Å². The maximum atomic E-state index is 10.7. The summed E-state index contributed by atoms with van der Waals surface area (Å²) in [6, 6.07) is 7.08. The minimum Gasteiger partial charge on any atom is -0.346 e. The van der Waals surface area contributed by atoms with Gasteiger partial charge in [-0.1, -0.05) is 0 Å². The summed E-state index contributed by atoms with van der Waals surface area (Å²) in [5, 5.41) is 11.4. The first kappa shape index (κ1) is 8.78. The molecule has 0 aliphatic carbocycles.